The van der Waals surface area contributed by atoms with Gasteiger partial charge in [-0.05, 0) is 24.6 Å². The van der Waals surface area contributed by atoms with Gasteiger partial charge in [0.1, 0.15) is 5.82 Å². The number of fused-ring (bicyclic) bond motifs is 1. The minimum atomic E-state index is -0.422. The molecule has 1 amide bonds. The highest BCUT2D eigenvalue weighted by Crippen LogP contribution is 2.22. The largest absolute Gasteiger partial charge is 0.337 e. The minimum absolute atomic E-state index is 0. The van der Waals surface area contributed by atoms with Crippen LogP contribution in [0.1, 0.15) is 16.8 Å². The average molecular weight is 381 g/mol. The van der Waals surface area contributed by atoms with Gasteiger partial charge in [0.25, 0.3) is 5.91 Å². The van der Waals surface area contributed by atoms with Crippen molar-refractivity contribution in [2.45, 2.75) is 12.5 Å². The third kappa shape index (κ3) is 3.60. The second kappa shape index (κ2) is 7.73. The van der Waals surface area contributed by atoms with Crippen molar-refractivity contribution < 1.29 is 9.18 Å². The van der Waals surface area contributed by atoms with Crippen molar-refractivity contribution >= 4 is 29.2 Å². The first-order valence-electron chi connectivity index (χ1n) is 8.68. The van der Waals surface area contributed by atoms with Gasteiger partial charge >= 0.3 is 0 Å². The number of aromatic amines is 1. The summed E-state index contributed by atoms with van der Waals surface area (Å²) >= 11 is 0. The van der Waals surface area contributed by atoms with Crippen LogP contribution in [0.25, 0.3) is 10.9 Å². The SMILES string of the molecule is Cl.O=C(c1cc(=O)[nH]c2ccc(F)cc12)N1CCC(N2CCNCC2)C1. The Balaban J connectivity index is 0.00000196. The summed E-state index contributed by atoms with van der Waals surface area (Å²) in [4.78, 5) is 31.7. The Morgan fingerprint density at radius 2 is 1.92 bits per heavy atom. The van der Waals surface area contributed by atoms with E-state index >= 15 is 0 Å². The lowest BCUT2D eigenvalue weighted by Crippen LogP contribution is -2.49. The molecule has 2 N–H and O–H groups in total. The molecule has 0 saturated carbocycles. The zero-order chi connectivity index (χ0) is 17.4. The maximum absolute atomic E-state index is 13.6. The smallest absolute Gasteiger partial charge is 0.254 e. The maximum atomic E-state index is 13.6. The van der Waals surface area contributed by atoms with Gasteiger partial charge in [0, 0.05) is 62.3 Å². The molecule has 1 aromatic heterocycles. The van der Waals surface area contributed by atoms with Crippen LogP contribution in [0.4, 0.5) is 4.39 Å². The van der Waals surface area contributed by atoms with Crippen LogP contribution in [0.5, 0.6) is 0 Å². The lowest BCUT2D eigenvalue weighted by Gasteiger charge is -2.32. The summed E-state index contributed by atoms with van der Waals surface area (Å²) in [6.07, 6.45) is 0.932. The average Bonchev–Trinajstić information content (AvgIpc) is 3.12. The van der Waals surface area contributed by atoms with Gasteiger partial charge in [-0.1, -0.05) is 0 Å². The molecule has 26 heavy (non-hydrogen) atoms. The standard InChI is InChI=1S/C18H21FN4O2.ClH/c19-12-1-2-16-14(9-12)15(10-17(24)21-16)18(25)23-6-3-13(11-23)22-7-4-20-5-8-22;/h1-2,9-10,13,20H,3-8,11H2,(H,21,24);1H. The Bertz CT molecular complexity index is 866. The lowest BCUT2D eigenvalue weighted by molar-refractivity contribution is 0.0775. The zero-order valence-electron chi connectivity index (χ0n) is 14.3. The first-order valence-corrected chi connectivity index (χ1v) is 8.68. The van der Waals surface area contributed by atoms with Gasteiger partial charge < -0.3 is 15.2 Å². The molecule has 1 aromatic carbocycles. The predicted molar refractivity (Wildman–Crippen MR) is 101 cm³/mol. The van der Waals surface area contributed by atoms with Crippen LogP contribution in [-0.2, 0) is 0 Å². The fourth-order valence-electron chi connectivity index (χ4n) is 3.84. The summed E-state index contributed by atoms with van der Waals surface area (Å²) < 4.78 is 13.6. The summed E-state index contributed by atoms with van der Waals surface area (Å²) in [5.41, 5.74) is 0.412. The second-order valence-electron chi connectivity index (χ2n) is 6.72. The van der Waals surface area contributed by atoms with Crippen molar-refractivity contribution in [1.29, 1.82) is 0 Å². The molecular formula is C18H22ClFN4O2. The maximum Gasteiger partial charge on any atom is 0.254 e. The van der Waals surface area contributed by atoms with Crippen LogP contribution in [0.15, 0.2) is 29.1 Å². The van der Waals surface area contributed by atoms with Gasteiger partial charge in [-0.25, -0.2) is 4.39 Å². The highest BCUT2D eigenvalue weighted by Gasteiger charge is 2.32. The Hall–Kier alpha value is -1.96. The van der Waals surface area contributed by atoms with Gasteiger partial charge in [-0.3, -0.25) is 14.5 Å². The second-order valence-corrected chi connectivity index (χ2v) is 6.72. The molecule has 2 fully saturated rings. The quantitative estimate of drug-likeness (QED) is 0.821. The molecule has 2 aliphatic heterocycles. The van der Waals surface area contributed by atoms with E-state index in [1.54, 1.807) is 4.90 Å². The number of halogens is 2. The number of benzene rings is 1. The summed E-state index contributed by atoms with van der Waals surface area (Å²) in [6, 6.07) is 5.72. The molecule has 0 bridgehead atoms. The van der Waals surface area contributed by atoms with Gasteiger partial charge in [0.05, 0.1) is 5.56 Å². The van der Waals surface area contributed by atoms with E-state index in [1.165, 1.54) is 24.3 Å². The number of piperazine rings is 1. The van der Waals surface area contributed by atoms with Crippen LogP contribution in [-0.4, -0.2) is 66.0 Å². The minimum Gasteiger partial charge on any atom is -0.337 e. The number of H-pyrrole nitrogens is 1. The van der Waals surface area contributed by atoms with E-state index in [0.717, 1.165) is 32.6 Å². The molecule has 4 rings (SSSR count). The van der Waals surface area contributed by atoms with Crippen molar-refractivity contribution in [2.75, 3.05) is 39.3 Å². The van der Waals surface area contributed by atoms with Gasteiger partial charge in [-0.15, -0.1) is 12.4 Å². The van der Waals surface area contributed by atoms with E-state index in [4.69, 9.17) is 0 Å². The highest BCUT2D eigenvalue weighted by atomic mass is 35.5. The van der Waals surface area contributed by atoms with E-state index in [2.05, 4.69) is 15.2 Å². The van der Waals surface area contributed by atoms with Crippen molar-refractivity contribution in [2.24, 2.45) is 0 Å². The summed E-state index contributed by atoms with van der Waals surface area (Å²) in [5.74, 6) is -0.618. The third-order valence-electron chi connectivity index (χ3n) is 5.15. The lowest BCUT2D eigenvalue weighted by atomic mass is 10.1. The number of aromatic nitrogens is 1. The van der Waals surface area contributed by atoms with E-state index in [0.29, 0.717) is 30.0 Å². The molecule has 3 heterocycles. The topological polar surface area (TPSA) is 68.4 Å². The van der Waals surface area contributed by atoms with Gasteiger partial charge in [0.2, 0.25) is 5.56 Å². The number of rotatable bonds is 2. The molecule has 2 aromatic rings. The van der Waals surface area contributed by atoms with E-state index in [9.17, 15) is 14.0 Å². The van der Waals surface area contributed by atoms with Crippen molar-refractivity contribution in [3.8, 4) is 0 Å². The fraction of sp³-hybridized carbons (Fsp3) is 0.444. The third-order valence-corrected chi connectivity index (χ3v) is 5.15. The molecule has 2 aliphatic rings. The number of amides is 1. The van der Waals surface area contributed by atoms with E-state index in [1.807, 2.05) is 0 Å². The molecule has 0 aliphatic carbocycles. The molecule has 0 radical (unpaired) electrons. The number of carbonyl (C=O) groups excluding carboxylic acids is 1. The van der Waals surface area contributed by atoms with Crippen LogP contribution in [0.3, 0.4) is 0 Å². The highest BCUT2D eigenvalue weighted by molar-refractivity contribution is 6.06. The van der Waals surface area contributed by atoms with Crippen LogP contribution in [0, 0.1) is 5.82 Å². The fourth-order valence-corrected chi connectivity index (χ4v) is 3.84. The first-order chi connectivity index (χ1) is 12.1. The number of hydrogen-bond donors (Lipinski definition) is 2. The monoisotopic (exact) mass is 380 g/mol. The Labute approximate surface area is 156 Å². The van der Waals surface area contributed by atoms with Crippen LogP contribution >= 0.6 is 12.4 Å². The molecule has 6 nitrogen and oxygen atoms in total. The van der Waals surface area contributed by atoms with Gasteiger partial charge in [0.15, 0.2) is 0 Å². The first kappa shape index (κ1) is 18.8. The number of hydrogen-bond acceptors (Lipinski definition) is 4. The summed E-state index contributed by atoms with van der Waals surface area (Å²) in [6.45, 7) is 5.25. The molecule has 1 atom stereocenters. The summed E-state index contributed by atoms with van der Waals surface area (Å²) in [7, 11) is 0. The van der Waals surface area contributed by atoms with Gasteiger partial charge in [-0.2, -0.15) is 0 Å². The Morgan fingerprint density at radius 1 is 1.15 bits per heavy atom. The van der Waals surface area contributed by atoms with E-state index < -0.39 is 5.82 Å². The number of pyridine rings is 1. The number of nitrogens with one attached hydrogen (secondary N) is 2. The molecule has 1 unspecified atom stereocenters. The van der Waals surface area contributed by atoms with Crippen molar-refractivity contribution in [3.63, 3.8) is 0 Å². The normalized spacial score (nSPS) is 21.0. The van der Waals surface area contributed by atoms with Crippen LogP contribution in [0.2, 0.25) is 0 Å². The van der Waals surface area contributed by atoms with Crippen molar-refractivity contribution in [1.82, 2.24) is 20.1 Å². The number of carbonyl (C=O) groups is 1. The van der Waals surface area contributed by atoms with Crippen molar-refractivity contribution in [3.05, 3.63) is 46.0 Å². The van der Waals surface area contributed by atoms with Crippen LogP contribution < -0.4 is 10.9 Å². The Morgan fingerprint density at radius 3 is 2.69 bits per heavy atom. The molecule has 8 heteroatoms. The molecule has 140 valence electrons. The Kier molecular flexibility index (Phi) is 5.60. The predicted octanol–water partition coefficient (Wildman–Crippen LogP) is 1.21. The number of likely N-dealkylation sites (tertiary alicyclic amines) is 1. The molecule has 2 saturated heterocycles. The summed E-state index contributed by atoms with van der Waals surface area (Å²) in [5, 5.41) is 3.79. The number of nitrogens with zero attached hydrogens (tertiary/aromatic N) is 2. The van der Waals surface area contributed by atoms with E-state index in [-0.39, 0.29) is 29.4 Å². The molecule has 0 spiro atoms. The molecular weight excluding hydrogens is 359 g/mol. The zero-order valence-corrected chi connectivity index (χ0v) is 15.2.